The second kappa shape index (κ2) is 14.3. The summed E-state index contributed by atoms with van der Waals surface area (Å²) in [6.45, 7) is 14.1. The monoisotopic (exact) mass is 484 g/mol. The summed E-state index contributed by atoms with van der Waals surface area (Å²) in [4.78, 5) is 4.84. The molecule has 1 aliphatic carbocycles. The number of ether oxygens (including phenoxy) is 1. The van der Waals surface area contributed by atoms with Crippen LogP contribution in [-0.4, -0.2) is 22.6 Å². The number of halogens is 2. The number of benzene rings is 1. The van der Waals surface area contributed by atoms with E-state index in [0.717, 1.165) is 49.4 Å². The zero-order chi connectivity index (χ0) is 25.1. The first-order valence-electron chi connectivity index (χ1n) is 12.6. The summed E-state index contributed by atoms with van der Waals surface area (Å²) >= 11 is 6.25. The minimum absolute atomic E-state index is 0.109. The number of hydrogen-bond acceptors (Lipinski definition) is 2. The van der Waals surface area contributed by atoms with Crippen LogP contribution < -0.4 is 0 Å². The van der Waals surface area contributed by atoms with E-state index >= 15 is 0 Å². The van der Waals surface area contributed by atoms with Crippen molar-refractivity contribution in [2.24, 2.45) is 0 Å². The van der Waals surface area contributed by atoms with Crippen LogP contribution in [0.5, 0.6) is 0 Å². The third kappa shape index (κ3) is 7.70. The van der Waals surface area contributed by atoms with Crippen LogP contribution in [0.25, 0.3) is 5.69 Å². The maximum absolute atomic E-state index is 13.3. The van der Waals surface area contributed by atoms with Gasteiger partial charge in [0.2, 0.25) is 0 Å². The van der Waals surface area contributed by atoms with Crippen LogP contribution in [-0.2, 0) is 17.6 Å². The van der Waals surface area contributed by atoms with Crippen molar-refractivity contribution in [1.29, 1.82) is 0 Å². The molecule has 184 valence electrons. The molecule has 0 amide bonds. The van der Waals surface area contributed by atoms with Gasteiger partial charge in [-0.05, 0) is 6.92 Å². The molecular formula is C28H39BClFN2O. The number of aromatic nitrogens is 2. The minimum Gasteiger partial charge on any atom is -0.0656 e. The first kappa shape index (κ1) is 28.1. The molecule has 6 heteroatoms. The van der Waals surface area contributed by atoms with Crippen molar-refractivity contribution in [2.75, 3.05) is 0 Å². The molecule has 3 nitrogen and oxygen atoms in total. The fourth-order valence-electron chi connectivity index (χ4n) is 4.24. The van der Waals surface area contributed by atoms with Crippen molar-refractivity contribution in [3.05, 3.63) is 76.6 Å². The van der Waals surface area contributed by atoms with Gasteiger partial charge in [0.05, 0.1) is 0 Å². The molecular weight excluding hydrogens is 446 g/mol. The summed E-state index contributed by atoms with van der Waals surface area (Å²) in [5, 5.41) is 0.765. The van der Waals surface area contributed by atoms with Crippen molar-refractivity contribution in [3.8, 4) is 5.69 Å². The van der Waals surface area contributed by atoms with Gasteiger partial charge in [0.15, 0.2) is 0 Å². The molecule has 1 heterocycles. The van der Waals surface area contributed by atoms with Crippen molar-refractivity contribution < 1.29 is 9.13 Å². The molecule has 0 aliphatic heterocycles. The topological polar surface area (TPSA) is 27.1 Å². The molecule has 0 bridgehead atoms. The number of aryl methyl sites for hydroxylation is 2. The van der Waals surface area contributed by atoms with Crippen LogP contribution >= 0.6 is 11.6 Å². The molecule has 0 unspecified atom stereocenters. The second-order valence-corrected chi connectivity index (χ2v) is 9.13. The minimum atomic E-state index is -0.291. The molecule has 0 spiro atoms. The van der Waals surface area contributed by atoms with E-state index < -0.39 is 0 Å². The average Bonchev–Trinajstić information content (AvgIpc) is 3.27. The van der Waals surface area contributed by atoms with E-state index in [0.29, 0.717) is 11.7 Å². The van der Waals surface area contributed by atoms with Crippen LogP contribution in [0.1, 0.15) is 89.6 Å². The number of rotatable bonds is 8. The van der Waals surface area contributed by atoms with Crippen LogP contribution in [0.3, 0.4) is 0 Å². The predicted molar refractivity (Wildman–Crippen MR) is 144 cm³/mol. The van der Waals surface area contributed by atoms with Gasteiger partial charge < -0.3 is 0 Å². The Bertz CT molecular complexity index is 990. The maximum Gasteiger partial charge on any atom is -0.0590 e. The standard InChI is InChI=1S/C25H31BClFN2O.C3H8/c1-5-18-16-20(27)11-15-23(18)30-24(7-3)26-29-25(30)19-9-13-22(14-10-19)31-17(4)8-12-21(28)6-2;1-3-2/h6,8,11-12,15-16,19,22H,4-5,7,9-10,13-14H2,1-3H3;3H2,1-2H3/b12-8-,21-6+;. The van der Waals surface area contributed by atoms with Gasteiger partial charge in [-0.1, -0.05) is 20.3 Å². The molecule has 1 fully saturated rings. The van der Waals surface area contributed by atoms with E-state index in [1.807, 2.05) is 13.1 Å². The molecule has 0 N–H and O–H groups in total. The van der Waals surface area contributed by atoms with E-state index in [9.17, 15) is 4.39 Å². The molecule has 0 saturated heterocycles. The van der Waals surface area contributed by atoms with Crippen LogP contribution in [0.4, 0.5) is 4.39 Å². The van der Waals surface area contributed by atoms with Crippen LogP contribution in [0.2, 0.25) is 5.02 Å². The maximum atomic E-state index is 13.3. The number of hydrogen-bond donors (Lipinski definition) is 0. The average molecular weight is 485 g/mol. The smallest absolute Gasteiger partial charge is 0.0590 e. The van der Waals surface area contributed by atoms with Gasteiger partial charge in [0.25, 0.3) is 0 Å². The SMILES string of the molecule is C=C(/C=C\C(F)=C/C)OC1CCC(c2nbc(CC)n2-c2ccc(Cl)cc2CC)CC1.CCC. The molecule has 0 radical (unpaired) electrons. The van der Waals surface area contributed by atoms with Crippen LogP contribution in [0, 0.1) is 0 Å². The van der Waals surface area contributed by atoms with E-state index in [2.05, 4.69) is 51.0 Å². The van der Waals surface area contributed by atoms with Crippen molar-refractivity contribution in [2.45, 2.75) is 91.6 Å². The third-order valence-corrected chi connectivity index (χ3v) is 6.18. The normalized spacial score (nSPS) is 18.4. The Morgan fingerprint density at radius 1 is 1.18 bits per heavy atom. The Morgan fingerprint density at radius 3 is 2.44 bits per heavy atom. The molecule has 1 aromatic carbocycles. The fraction of sp³-hybridized carbons (Fsp3) is 0.500. The van der Waals surface area contributed by atoms with E-state index in [4.69, 9.17) is 21.2 Å². The van der Waals surface area contributed by atoms with Gasteiger partial charge in [-0.25, -0.2) is 0 Å². The van der Waals surface area contributed by atoms with Crippen molar-refractivity contribution >= 4 is 18.7 Å². The zero-order valence-corrected chi connectivity index (χ0v) is 22.2. The number of nitrogens with zero attached hydrogens (tertiary/aromatic N) is 2. The first-order chi connectivity index (χ1) is 16.4. The summed E-state index contributed by atoms with van der Waals surface area (Å²) in [5.41, 5.74) is 3.63. The Balaban J connectivity index is 0.00000129. The second-order valence-electron chi connectivity index (χ2n) is 8.70. The van der Waals surface area contributed by atoms with E-state index in [1.54, 1.807) is 13.0 Å². The zero-order valence-electron chi connectivity index (χ0n) is 21.4. The summed E-state index contributed by atoms with van der Waals surface area (Å²) in [7, 11) is 2.01. The van der Waals surface area contributed by atoms with Gasteiger partial charge in [-0.15, -0.1) is 0 Å². The van der Waals surface area contributed by atoms with Gasteiger partial charge in [0, 0.05) is 0 Å². The molecule has 2 aromatic rings. The quantitative estimate of drug-likeness (QED) is 0.278. The van der Waals surface area contributed by atoms with Gasteiger partial charge in [0.1, 0.15) is 0 Å². The Hall–Kier alpha value is -2.14. The van der Waals surface area contributed by atoms with Gasteiger partial charge in [-0.2, -0.15) is 0 Å². The molecule has 3 rings (SSSR count). The summed E-state index contributed by atoms with van der Waals surface area (Å²) in [6.07, 6.45) is 11.4. The van der Waals surface area contributed by atoms with Gasteiger partial charge in [-0.3, -0.25) is 0 Å². The predicted octanol–water partition coefficient (Wildman–Crippen LogP) is 8.39. The van der Waals surface area contributed by atoms with Gasteiger partial charge >= 0.3 is 184 Å². The third-order valence-electron chi connectivity index (χ3n) is 5.95. The Kier molecular flexibility index (Phi) is 11.8. The summed E-state index contributed by atoms with van der Waals surface area (Å²) in [6, 6.07) is 6.13. The largest absolute Gasteiger partial charge is 0.0656 e. The van der Waals surface area contributed by atoms with Crippen molar-refractivity contribution in [1.82, 2.24) is 9.46 Å². The van der Waals surface area contributed by atoms with E-state index in [-0.39, 0.29) is 11.9 Å². The molecule has 0 atom stereocenters. The fourth-order valence-corrected chi connectivity index (χ4v) is 4.43. The Morgan fingerprint density at radius 2 is 1.85 bits per heavy atom. The molecule has 34 heavy (non-hydrogen) atoms. The first-order valence-corrected chi connectivity index (χ1v) is 13.0. The van der Waals surface area contributed by atoms with E-state index in [1.165, 1.54) is 35.4 Å². The number of allylic oxidation sites excluding steroid dienone is 4. The molecule has 1 aliphatic rings. The molecule has 1 saturated carbocycles. The van der Waals surface area contributed by atoms with Crippen molar-refractivity contribution in [3.63, 3.8) is 0 Å². The summed E-state index contributed by atoms with van der Waals surface area (Å²) < 4.78 is 21.5. The molecule has 1 aromatic heterocycles. The summed E-state index contributed by atoms with van der Waals surface area (Å²) in [5.74, 6) is 1.72. The Labute approximate surface area is 211 Å². The van der Waals surface area contributed by atoms with Crippen LogP contribution in [0.15, 0.2) is 54.6 Å².